The van der Waals surface area contributed by atoms with Gasteiger partial charge in [-0.3, -0.25) is 4.79 Å². The summed E-state index contributed by atoms with van der Waals surface area (Å²) in [4.78, 5) is 28.7. The Hall–Kier alpha value is -2.48. The van der Waals surface area contributed by atoms with E-state index in [9.17, 15) is 14.7 Å². The van der Waals surface area contributed by atoms with Crippen LogP contribution < -0.4 is 0 Å². The smallest absolute Gasteiger partial charge is 0.344 e. The second-order valence-corrected chi connectivity index (χ2v) is 8.82. The number of aryl methyl sites for hydroxylation is 1. The van der Waals surface area contributed by atoms with Crippen LogP contribution in [0.2, 0.25) is 10.0 Å². The highest BCUT2D eigenvalue weighted by molar-refractivity contribution is 8.18. The number of esters is 1. The Kier molecular flexibility index (Phi) is 7.54. The molecule has 9 heteroatoms. The van der Waals surface area contributed by atoms with Gasteiger partial charge in [0.15, 0.2) is 0 Å². The van der Waals surface area contributed by atoms with Crippen LogP contribution in [0, 0.1) is 13.8 Å². The van der Waals surface area contributed by atoms with Crippen molar-refractivity contribution in [2.24, 2.45) is 4.99 Å². The average Bonchev–Trinajstić information content (AvgIpc) is 3.19. The fourth-order valence-corrected chi connectivity index (χ4v) is 4.60. The minimum atomic E-state index is -0.718. The van der Waals surface area contributed by atoms with Crippen molar-refractivity contribution in [3.8, 4) is 5.69 Å². The van der Waals surface area contributed by atoms with Gasteiger partial charge in [-0.25, -0.2) is 9.79 Å². The Morgan fingerprint density at radius 2 is 1.91 bits per heavy atom. The molecular weight excluding hydrogens is 471 g/mol. The Labute approximate surface area is 200 Å². The van der Waals surface area contributed by atoms with Gasteiger partial charge in [-0.15, -0.1) is 0 Å². The maximum absolute atomic E-state index is 12.4. The number of amides is 1. The number of rotatable bonds is 5. The minimum absolute atomic E-state index is 0.0943. The highest BCUT2D eigenvalue weighted by Gasteiger charge is 2.34. The number of nitrogens with zero attached hydrogens (tertiary/aromatic N) is 2. The quantitative estimate of drug-likeness (QED) is 0.502. The van der Waals surface area contributed by atoms with Crippen molar-refractivity contribution in [3.05, 3.63) is 67.5 Å². The maximum Gasteiger partial charge on any atom is 0.344 e. The van der Waals surface area contributed by atoms with E-state index in [4.69, 9.17) is 27.9 Å². The molecule has 6 nitrogen and oxygen atoms in total. The van der Waals surface area contributed by atoms with Crippen molar-refractivity contribution < 1.29 is 19.4 Å². The van der Waals surface area contributed by atoms with Gasteiger partial charge in [-0.05, 0) is 56.7 Å². The first-order chi connectivity index (χ1) is 15.2. The normalized spacial score (nSPS) is 16.3. The predicted molar refractivity (Wildman–Crippen MR) is 130 cm³/mol. The van der Waals surface area contributed by atoms with Crippen LogP contribution in [0.25, 0.3) is 11.8 Å². The first kappa shape index (κ1) is 24.2. The SMILES string of the molecule is CCOC(=O)C1=C(O)/C(=C/c2cc(C)n(-c3ccc(Cl)c(Cl)c3)c2C)SC1=NC(=O)CC. The Morgan fingerprint density at radius 1 is 1.19 bits per heavy atom. The Bertz CT molecular complexity index is 1190. The monoisotopic (exact) mass is 492 g/mol. The van der Waals surface area contributed by atoms with Gasteiger partial charge >= 0.3 is 5.97 Å². The van der Waals surface area contributed by atoms with Crippen LogP contribution in [0.1, 0.15) is 37.2 Å². The third-order valence-corrected chi connectivity index (χ3v) is 6.58. The Balaban J connectivity index is 2.08. The summed E-state index contributed by atoms with van der Waals surface area (Å²) in [6.07, 6.45) is 1.94. The van der Waals surface area contributed by atoms with Crippen LogP contribution in [-0.4, -0.2) is 33.2 Å². The molecule has 0 aliphatic carbocycles. The van der Waals surface area contributed by atoms with Gasteiger partial charge in [0.2, 0.25) is 5.91 Å². The summed E-state index contributed by atoms with van der Waals surface area (Å²) in [5.41, 5.74) is 3.42. The standard InChI is InChI=1S/C23H22Cl2N2O4S/c1-5-19(28)26-22-20(23(30)31-6-2)21(29)18(32-22)10-14-9-12(3)27(13(14)4)15-7-8-16(24)17(25)11-15/h7-11,29H,5-6H2,1-4H3/b18-10-,26-22?. The third kappa shape index (κ3) is 4.80. The lowest BCUT2D eigenvalue weighted by atomic mass is 10.2. The van der Waals surface area contributed by atoms with E-state index in [1.165, 1.54) is 0 Å². The number of aliphatic hydroxyl groups is 1. The molecule has 3 rings (SSSR count). The van der Waals surface area contributed by atoms with Crippen molar-refractivity contribution in [2.45, 2.75) is 34.1 Å². The lowest BCUT2D eigenvalue weighted by Gasteiger charge is -2.10. The number of hydrogen-bond donors (Lipinski definition) is 1. The van der Waals surface area contributed by atoms with E-state index in [0.717, 1.165) is 34.4 Å². The molecule has 32 heavy (non-hydrogen) atoms. The summed E-state index contributed by atoms with van der Waals surface area (Å²) >= 11 is 13.3. The van der Waals surface area contributed by atoms with Crippen LogP contribution in [0.15, 0.2) is 45.5 Å². The molecular formula is C23H22Cl2N2O4S. The molecule has 2 heterocycles. The average molecular weight is 493 g/mol. The predicted octanol–water partition coefficient (Wildman–Crippen LogP) is 6.20. The van der Waals surface area contributed by atoms with Crippen molar-refractivity contribution in [3.63, 3.8) is 0 Å². The first-order valence-electron chi connectivity index (χ1n) is 9.94. The zero-order valence-electron chi connectivity index (χ0n) is 18.0. The zero-order valence-corrected chi connectivity index (χ0v) is 20.4. The molecule has 0 fully saturated rings. The number of aromatic nitrogens is 1. The van der Waals surface area contributed by atoms with E-state index >= 15 is 0 Å². The van der Waals surface area contributed by atoms with E-state index in [2.05, 4.69) is 4.99 Å². The van der Waals surface area contributed by atoms with Gasteiger partial charge in [-0.1, -0.05) is 41.9 Å². The number of benzene rings is 1. The van der Waals surface area contributed by atoms with Gasteiger partial charge in [-0.2, -0.15) is 0 Å². The summed E-state index contributed by atoms with van der Waals surface area (Å²) < 4.78 is 7.06. The van der Waals surface area contributed by atoms with Gasteiger partial charge in [0.25, 0.3) is 0 Å². The lowest BCUT2D eigenvalue weighted by Crippen LogP contribution is -2.14. The van der Waals surface area contributed by atoms with E-state index < -0.39 is 5.97 Å². The van der Waals surface area contributed by atoms with Crippen LogP contribution in [-0.2, 0) is 14.3 Å². The van der Waals surface area contributed by atoms with Crippen molar-refractivity contribution in [2.75, 3.05) is 6.61 Å². The number of thioether (sulfide) groups is 1. The molecule has 1 aliphatic heterocycles. The number of ether oxygens (including phenoxy) is 1. The molecule has 1 aliphatic rings. The molecule has 0 bridgehead atoms. The van der Waals surface area contributed by atoms with Crippen LogP contribution >= 0.6 is 35.0 Å². The molecule has 0 atom stereocenters. The number of carbonyl (C=O) groups is 2. The van der Waals surface area contributed by atoms with Gasteiger partial charge in [0.05, 0.1) is 21.6 Å². The van der Waals surface area contributed by atoms with Gasteiger partial charge in [0.1, 0.15) is 16.4 Å². The van der Waals surface area contributed by atoms with Crippen LogP contribution in [0.3, 0.4) is 0 Å². The topological polar surface area (TPSA) is 80.9 Å². The molecule has 0 spiro atoms. The molecule has 168 valence electrons. The summed E-state index contributed by atoms with van der Waals surface area (Å²) in [7, 11) is 0. The molecule has 0 unspecified atom stereocenters. The first-order valence-corrected chi connectivity index (χ1v) is 11.5. The van der Waals surface area contributed by atoms with E-state index in [1.54, 1.807) is 32.1 Å². The molecule has 1 N–H and O–H groups in total. The molecule has 0 radical (unpaired) electrons. The minimum Gasteiger partial charge on any atom is -0.506 e. The van der Waals surface area contributed by atoms with Gasteiger partial charge in [0, 0.05) is 23.5 Å². The molecule has 0 saturated heterocycles. The third-order valence-electron chi connectivity index (χ3n) is 4.82. The second kappa shape index (κ2) is 9.98. The van der Waals surface area contributed by atoms with E-state index in [1.807, 2.05) is 30.5 Å². The second-order valence-electron chi connectivity index (χ2n) is 6.98. The number of halogens is 2. The largest absolute Gasteiger partial charge is 0.506 e. The van der Waals surface area contributed by atoms with Crippen molar-refractivity contribution in [1.29, 1.82) is 0 Å². The molecule has 1 amide bonds. The summed E-state index contributed by atoms with van der Waals surface area (Å²) in [5, 5.41) is 11.8. The summed E-state index contributed by atoms with van der Waals surface area (Å²) in [6, 6.07) is 7.33. The highest BCUT2D eigenvalue weighted by Crippen LogP contribution is 2.40. The van der Waals surface area contributed by atoms with Crippen LogP contribution in [0.4, 0.5) is 0 Å². The van der Waals surface area contributed by atoms with Gasteiger partial charge < -0.3 is 14.4 Å². The molecule has 0 saturated carbocycles. The molecule has 1 aromatic heterocycles. The fourth-order valence-electron chi connectivity index (χ4n) is 3.28. The fraction of sp³-hybridized carbons (Fsp3) is 0.261. The van der Waals surface area contributed by atoms with E-state index in [-0.39, 0.29) is 35.3 Å². The summed E-state index contributed by atoms with van der Waals surface area (Å²) in [5.74, 6) is -1.36. The lowest BCUT2D eigenvalue weighted by molar-refractivity contribution is -0.138. The highest BCUT2D eigenvalue weighted by atomic mass is 35.5. The summed E-state index contributed by atoms with van der Waals surface area (Å²) in [6.45, 7) is 7.36. The maximum atomic E-state index is 12.4. The molecule has 2 aromatic rings. The number of aliphatic hydroxyl groups excluding tert-OH is 1. The number of carbonyl (C=O) groups excluding carboxylic acids is 2. The number of hydrogen-bond acceptors (Lipinski definition) is 5. The van der Waals surface area contributed by atoms with Crippen molar-refractivity contribution in [1.82, 2.24) is 4.57 Å². The number of aliphatic imine (C=N–C) groups is 1. The zero-order chi connectivity index (χ0) is 23.6. The van der Waals surface area contributed by atoms with Crippen LogP contribution in [0.5, 0.6) is 0 Å². The van der Waals surface area contributed by atoms with Crippen molar-refractivity contribution >= 4 is 58.0 Å². The molecule has 1 aromatic carbocycles. The Morgan fingerprint density at radius 3 is 2.53 bits per heavy atom. The van der Waals surface area contributed by atoms with E-state index in [0.29, 0.717) is 15.0 Å².